The lowest BCUT2D eigenvalue weighted by atomic mass is 10.2. The summed E-state index contributed by atoms with van der Waals surface area (Å²) in [5, 5.41) is 13.5. The van der Waals surface area contributed by atoms with Crippen LogP contribution in [-0.2, 0) is 0 Å². The molecule has 2 aromatic heterocycles. The molecule has 2 atom stereocenters. The number of rotatable bonds is 3. The molecule has 3 heterocycles. The Balaban J connectivity index is 1.83. The summed E-state index contributed by atoms with van der Waals surface area (Å²) in [7, 11) is 3.78. The number of halogens is 1. The molecule has 3 rings (SSSR count). The third-order valence-electron chi connectivity index (χ3n) is 3.65. The van der Waals surface area contributed by atoms with E-state index in [9.17, 15) is 9.18 Å². The number of H-pyrrole nitrogens is 1. The number of nitrogens with one attached hydrogen (secondary N) is 1. The van der Waals surface area contributed by atoms with Crippen LogP contribution in [0, 0.1) is 0 Å². The van der Waals surface area contributed by atoms with Crippen molar-refractivity contribution in [3.05, 3.63) is 29.8 Å². The van der Waals surface area contributed by atoms with Gasteiger partial charge in [0.05, 0.1) is 24.5 Å². The first-order chi connectivity index (χ1) is 10.6. The second kappa shape index (κ2) is 5.66. The Morgan fingerprint density at radius 3 is 2.86 bits per heavy atom. The first kappa shape index (κ1) is 14.4. The first-order valence-corrected chi connectivity index (χ1v) is 6.88. The van der Waals surface area contributed by atoms with Gasteiger partial charge in [-0.25, -0.2) is 9.37 Å². The summed E-state index contributed by atoms with van der Waals surface area (Å²) in [6.07, 6.45) is 0.675. The minimum Gasteiger partial charge on any atom is -0.376 e. The van der Waals surface area contributed by atoms with E-state index < -0.39 is 12.2 Å². The summed E-state index contributed by atoms with van der Waals surface area (Å²) < 4.78 is 13.8. The molecule has 0 spiro atoms. The Kier molecular flexibility index (Phi) is 3.70. The van der Waals surface area contributed by atoms with Gasteiger partial charge in [0, 0.05) is 20.5 Å². The molecule has 22 heavy (non-hydrogen) atoms. The molecule has 0 saturated carbocycles. The number of amides is 1. The number of anilines is 1. The van der Waals surface area contributed by atoms with Crippen molar-refractivity contribution in [3.63, 3.8) is 0 Å². The number of tetrazole rings is 1. The zero-order valence-corrected chi connectivity index (χ0v) is 12.3. The molecule has 116 valence electrons. The minimum atomic E-state index is -1.10. The highest BCUT2D eigenvalue weighted by atomic mass is 19.1. The van der Waals surface area contributed by atoms with Gasteiger partial charge in [0.15, 0.2) is 5.82 Å². The van der Waals surface area contributed by atoms with E-state index >= 15 is 0 Å². The molecule has 9 heteroatoms. The molecule has 1 N–H and O–H groups in total. The molecule has 1 aliphatic heterocycles. The Bertz CT molecular complexity index is 643. The van der Waals surface area contributed by atoms with Crippen molar-refractivity contribution in [2.45, 2.75) is 18.6 Å². The lowest BCUT2D eigenvalue weighted by molar-refractivity contribution is 0.0717. The summed E-state index contributed by atoms with van der Waals surface area (Å²) in [5.41, 5.74) is 1.16. The molecule has 0 radical (unpaired) electrons. The molecule has 1 fully saturated rings. The number of aromatic amines is 1. The number of carbonyl (C=O) groups is 1. The predicted octanol–water partition coefficient (Wildman–Crippen LogP) is 0.586. The highest BCUT2D eigenvalue weighted by Crippen LogP contribution is 2.32. The molecule has 1 saturated heterocycles. The van der Waals surface area contributed by atoms with Crippen LogP contribution in [0.1, 0.15) is 28.8 Å². The van der Waals surface area contributed by atoms with Crippen LogP contribution in [0.25, 0.3) is 0 Å². The first-order valence-electron chi connectivity index (χ1n) is 6.88. The predicted molar refractivity (Wildman–Crippen MR) is 76.0 cm³/mol. The minimum absolute atomic E-state index is 0.00908. The van der Waals surface area contributed by atoms with Crippen molar-refractivity contribution in [2.75, 3.05) is 25.5 Å². The van der Waals surface area contributed by atoms with Crippen LogP contribution in [0.5, 0.6) is 0 Å². The zero-order chi connectivity index (χ0) is 15.7. The van der Waals surface area contributed by atoms with E-state index in [0.717, 1.165) is 5.69 Å². The van der Waals surface area contributed by atoms with Gasteiger partial charge in [0.2, 0.25) is 0 Å². The smallest absolute Gasteiger partial charge is 0.273 e. The summed E-state index contributed by atoms with van der Waals surface area (Å²) in [5.74, 6) is -0.0151. The molecule has 8 nitrogen and oxygen atoms in total. The van der Waals surface area contributed by atoms with Crippen LogP contribution < -0.4 is 4.90 Å². The number of alkyl halides is 1. The fourth-order valence-electron chi connectivity index (χ4n) is 2.49. The molecule has 2 unspecified atom stereocenters. The molecule has 0 aromatic carbocycles. The third kappa shape index (κ3) is 2.61. The van der Waals surface area contributed by atoms with Crippen molar-refractivity contribution in [3.8, 4) is 0 Å². The van der Waals surface area contributed by atoms with Gasteiger partial charge in [0.1, 0.15) is 11.9 Å². The summed E-state index contributed by atoms with van der Waals surface area (Å²) in [4.78, 5) is 20.0. The maximum Gasteiger partial charge on any atom is 0.273 e. The summed E-state index contributed by atoms with van der Waals surface area (Å²) >= 11 is 0. The van der Waals surface area contributed by atoms with E-state index in [4.69, 9.17) is 0 Å². The number of aromatic nitrogens is 5. The topological polar surface area (TPSA) is 90.9 Å². The Labute approximate surface area is 126 Å². The quantitative estimate of drug-likeness (QED) is 0.892. The van der Waals surface area contributed by atoms with Gasteiger partial charge >= 0.3 is 0 Å². The zero-order valence-electron chi connectivity index (χ0n) is 12.3. The molecular weight excluding hydrogens is 289 g/mol. The molecule has 1 aliphatic rings. The largest absolute Gasteiger partial charge is 0.376 e. The lowest BCUT2D eigenvalue weighted by Gasteiger charge is -2.21. The SMILES string of the molecule is CN(C)c1ccc(C(=O)N2CC(F)CC2c2nn[nH]n2)nc1. The highest BCUT2D eigenvalue weighted by Gasteiger charge is 2.39. The highest BCUT2D eigenvalue weighted by molar-refractivity contribution is 5.93. The van der Waals surface area contributed by atoms with Gasteiger partial charge in [-0.15, -0.1) is 10.2 Å². The van der Waals surface area contributed by atoms with Crippen LogP contribution in [0.4, 0.5) is 10.1 Å². The summed E-state index contributed by atoms with van der Waals surface area (Å²) in [6, 6.07) is 2.92. The Morgan fingerprint density at radius 1 is 1.45 bits per heavy atom. The Morgan fingerprint density at radius 2 is 2.27 bits per heavy atom. The molecular formula is C13H16FN7O. The molecule has 2 aromatic rings. The van der Waals surface area contributed by atoms with Crippen LogP contribution in [0.2, 0.25) is 0 Å². The van der Waals surface area contributed by atoms with Crippen LogP contribution >= 0.6 is 0 Å². The standard InChI is InChI=1S/C13H16FN7O/c1-20(2)9-3-4-10(15-6-9)13(22)21-7-8(14)5-11(21)12-16-18-19-17-12/h3-4,6,8,11H,5,7H2,1-2H3,(H,16,17,18,19). The van der Waals surface area contributed by atoms with Gasteiger partial charge in [-0.1, -0.05) is 5.21 Å². The van der Waals surface area contributed by atoms with E-state index in [2.05, 4.69) is 25.6 Å². The van der Waals surface area contributed by atoms with E-state index in [1.807, 2.05) is 19.0 Å². The fourth-order valence-corrected chi connectivity index (χ4v) is 2.49. The van der Waals surface area contributed by atoms with Crippen LogP contribution in [-0.4, -0.2) is 63.2 Å². The second-order valence-corrected chi connectivity index (χ2v) is 5.37. The van der Waals surface area contributed by atoms with Crippen molar-refractivity contribution < 1.29 is 9.18 Å². The normalized spacial score (nSPS) is 21.1. The fraction of sp³-hybridized carbons (Fsp3) is 0.462. The van der Waals surface area contributed by atoms with Crippen molar-refractivity contribution in [1.29, 1.82) is 0 Å². The van der Waals surface area contributed by atoms with Crippen molar-refractivity contribution in [2.24, 2.45) is 0 Å². The lowest BCUT2D eigenvalue weighted by Crippen LogP contribution is -2.32. The maximum absolute atomic E-state index is 13.8. The van der Waals surface area contributed by atoms with Crippen LogP contribution in [0.15, 0.2) is 18.3 Å². The number of carbonyl (C=O) groups excluding carboxylic acids is 1. The van der Waals surface area contributed by atoms with E-state index in [1.54, 1.807) is 18.3 Å². The number of nitrogens with zero attached hydrogens (tertiary/aromatic N) is 6. The van der Waals surface area contributed by atoms with E-state index in [1.165, 1.54) is 4.90 Å². The average Bonchev–Trinajstić information content (AvgIpc) is 3.15. The van der Waals surface area contributed by atoms with Crippen LogP contribution in [0.3, 0.4) is 0 Å². The van der Waals surface area contributed by atoms with Crippen molar-refractivity contribution in [1.82, 2.24) is 30.5 Å². The number of hydrogen-bond donors (Lipinski definition) is 1. The van der Waals surface area contributed by atoms with Gasteiger partial charge in [-0.3, -0.25) is 4.79 Å². The maximum atomic E-state index is 13.8. The molecule has 1 amide bonds. The average molecular weight is 305 g/mol. The second-order valence-electron chi connectivity index (χ2n) is 5.37. The summed E-state index contributed by atoms with van der Waals surface area (Å²) in [6.45, 7) is 0.00908. The third-order valence-corrected chi connectivity index (χ3v) is 3.65. The molecule has 0 aliphatic carbocycles. The van der Waals surface area contributed by atoms with Gasteiger partial charge in [-0.05, 0) is 12.1 Å². The van der Waals surface area contributed by atoms with Gasteiger partial charge in [-0.2, -0.15) is 5.21 Å². The number of likely N-dealkylation sites (tertiary alicyclic amines) is 1. The monoisotopic (exact) mass is 305 g/mol. The van der Waals surface area contributed by atoms with Gasteiger partial charge < -0.3 is 9.80 Å². The Hall–Kier alpha value is -2.58. The van der Waals surface area contributed by atoms with Crippen molar-refractivity contribution >= 4 is 11.6 Å². The number of pyridine rings is 1. The van der Waals surface area contributed by atoms with Gasteiger partial charge in [0.25, 0.3) is 5.91 Å². The van der Waals surface area contributed by atoms with E-state index in [-0.39, 0.29) is 24.6 Å². The van der Waals surface area contributed by atoms with E-state index in [0.29, 0.717) is 5.82 Å². The number of hydrogen-bond acceptors (Lipinski definition) is 6. The molecule has 0 bridgehead atoms.